The second-order valence-electron chi connectivity index (χ2n) is 11.6. The fraction of sp³-hybridized carbons (Fsp3) is 0.400. The standard InChI is InChI=1S/C30H33ClFN5O2S/c1-2-19-15-22(30(32)8-4-3-5-23(30)20-6-7-25(24(31)17-20)40(34,38)39)16-21-18-35-27(36-26(19)21)37-29-12-9-28(33,10-13-29)11-14-29/h3-8,15-18,23H,2,9-14,33H2,1H3,(H2,34,38,39)(H,35,36,37). The first-order valence-electron chi connectivity index (χ1n) is 13.7. The lowest BCUT2D eigenvalue weighted by Gasteiger charge is -2.52. The Balaban J connectivity index is 1.36. The van der Waals surface area contributed by atoms with Crippen molar-refractivity contribution in [3.63, 3.8) is 0 Å². The fourth-order valence-corrected chi connectivity index (χ4v) is 7.69. The molecule has 3 aromatic rings. The Hall–Kier alpha value is -2.85. The molecule has 2 atom stereocenters. The Kier molecular flexibility index (Phi) is 6.57. The Morgan fingerprint density at radius 1 is 1.10 bits per heavy atom. The maximum atomic E-state index is 17.1. The molecule has 7 nitrogen and oxygen atoms in total. The van der Waals surface area contributed by atoms with E-state index in [9.17, 15) is 8.42 Å². The number of anilines is 1. The van der Waals surface area contributed by atoms with Gasteiger partial charge in [0.05, 0.1) is 10.5 Å². The number of primary sulfonamides is 1. The third-order valence-corrected chi connectivity index (χ3v) is 10.5. The molecule has 2 unspecified atom stereocenters. The van der Waals surface area contributed by atoms with Gasteiger partial charge in [-0.2, -0.15) is 0 Å². The molecule has 40 heavy (non-hydrogen) atoms. The van der Waals surface area contributed by atoms with E-state index in [1.807, 2.05) is 13.0 Å². The van der Waals surface area contributed by atoms with Crippen LogP contribution in [-0.2, 0) is 22.1 Å². The largest absolute Gasteiger partial charge is 0.349 e. The van der Waals surface area contributed by atoms with E-state index in [0.29, 0.717) is 23.5 Å². The van der Waals surface area contributed by atoms with Crippen LogP contribution in [0.2, 0.25) is 5.02 Å². The smallest absolute Gasteiger partial charge is 0.239 e. The van der Waals surface area contributed by atoms with Gasteiger partial charge < -0.3 is 11.1 Å². The topological polar surface area (TPSA) is 124 Å². The highest BCUT2D eigenvalue weighted by molar-refractivity contribution is 7.89. The molecule has 7 rings (SSSR count). The van der Waals surface area contributed by atoms with E-state index in [4.69, 9.17) is 27.5 Å². The van der Waals surface area contributed by atoms with Crippen LogP contribution in [0.1, 0.15) is 68.1 Å². The molecule has 3 fully saturated rings. The number of allylic oxidation sites excluding steroid dienone is 4. The average molecular weight is 582 g/mol. The lowest BCUT2D eigenvalue weighted by Crippen LogP contribution is -2.57. The first kappa shape index (κ1) is 27.3. The van der Waals surface area contributed by atoms with E-state index in [2.05, 4.69) is 10.3 Å². The Bertz CT molecular complexity index is 1650. The van der Waals surface area contributed by atoms with Crippen LogP contribution in [-0.4, -0.2) is 29.5 Å². The third-order valence-electron chi connectivity index (χ3n) is 9.09. The summed E-state index contributed by atoms with van der Waals surface area (Å²) in [5.74, 6) is -0.140. The van der Waals surface area contributed by atoms with Gasteiger partial charge in [0.25, 0.3) is 0 Å². The molecular weight excluding hydrogens is 549 g/mol. The summed E-state index contributed by atoms with van der Waals surface area (Å²) in [7, 11) is -4.00. The van der Waals surface area contributed by atoms with E-state index in [-0.39, 0.29) is 21.0 Å². The van der Waals surface area contributed by atoms with E-state index >= 15 is 4.39 Å². The minimum absolute atomic E-state index is 0.0160. The molecule has 0 saturated heterocycles. The van der Waals surface area contributed by atoms with Gasteiger partial charge in [-0.1, -0.05) is 48.9 Å². The fourth-order valence-electron chi connectivity index (χ4n) is 6.59. The zero-order chi connectivity index (χ0) is 28.3. The summed E-state index contributed by atoms with van der Waals surface area (Å²) in [4.78, 5) is 9.35. The summed E-state index contributed by atoms with van der Waals surface area (Å²) in [6.45, 7) is 2.03. The molecule has 1 aromatic heterocycles. The van der Waals surface area contributed by atoms with Crippen molar-refractivity contribution in [3.8, 4) is 0 Å². The minimum Gasteiger partial charge on any atom is -0.349 e. The molecule has 3 saturated carbocycles. The number of nitrogens with two attached hydrogens (primary N) is 2. The van der Waals surface area contributed by atoms with Crippen molar-refractivity contribution < 1.29 is 12.8 Å². The Morgan fingerprint density at radius 3 is 2.48 bits per heavy atom. The second kappa shape index (κ2) is 9.62. The summed E-state index contributed by atoms with van der Waals surface area (Å²) < 4.78 is 40.8. The lowest BCUT2D eigenvalue weighted by atomic mass is 9.62. The zero-order valence-electron chi connectivity index (χ0n) is 22.3. The number of rotatable bonds is 6. The zero-order valence-corrected chi connectivity index (χ0v) is 23.9. The van der Waals surface area contributed by atoms with Crippen LogP contribution in [0.4, 0.5) is 10.3 Å². The maximum absolute atomic E-state index is 17.1. The number of halogens is 2. The van der Waals surface area contributed by atoms with Gasteiger partial charge >= 0.3 is 0 Å². The number of nitrogens with one attached hydrogen (secondary N) is 1. The van der Waals surface area contributed by atoms with Gasteiger partial charge in [0.15, 0.2) is 5.67 Å². The molecule has 1 heterocycles. The predicted molar refractivity (Wildman–Crippen MR) is 157 cm³/mol. The van der Waals surface area contributed by atoms with Crippen LogP contribution >= 0.6 is 11.6 Å². The SMILES string of the molecule is CCc1cc(C2(F)C=CC=CC2c2ccc(S(N)(=O)=O)c(Cl)c2)cc2cnc(NC34CCC(N)(CC3)CC4)nc12. The Labute approximate surface area is 239 Å². The van der Waals surface area contributed by atoms with Crippen molar-refractivity contribution in [1.29, 1.82) is 0 Å². The van der Waals surface area contributed by atoms with Crippen molar-refractivity contribution in [2.24, 2.45) is 10.9 Å². The van der Waals surface area contributed by atoms with Gasteiger partial charge in [0.1, 0.15) is 4.90 Å². The first-order chi connectivity index (χ1) is 18.9. The van der Waals surface area contributed by atoms with Crippen LogP contribution in [0.15, 0.2) is 65.7 Å². The molecule has 4 aliphatic carbocycles. The van der Waals surface area contributed by atoms with Crippen LogP contribution < -0.4 is 16.2 Å². The monoisotopic (exact) mass is 581 g/mol. The van der Waals surface area contributed by atoms with Crippen molar-refractivity contribution >= 4 is 38.5 Å². The van der Waals surface area contributed by atoms with E-state index < -0.39 is 21.6 Å². The number of hydrogen-bond acceptors (Lipinski definition) is 6. The maximum Gasteiger partial charge on any atom is 0.239 e. The van der Waals surface area contributed by atoms with Crippen molar-refractivity contribution in [3.05, 3.63) is 82.5 Å². The lowest BCUT2D eigenvalue weighted by molar-refractivity contribution is 0.126. The van der Waals surface area contributed by atoms with Crippen LogP contribution in [0.25, 0.3) is 10.9 Å². The highest BCUT2D eigenvalue weighted by Gasteiger charge is 2.47. The van der Waals surface area contributed by atoms with E-state index in [0.717, 1.165) is 55.0 Å². The quantitative estimate of drug-likeness (QED) is 0.339. The molecule has 0 radical (unpaired) electrons. The number of aryl methyl sites for hydroxylation is 1. The summed E-state index contributed by atoms with van der Waals surface area (Å²) >= 11 is 6.26. The van der Waals surface area contributed by atoms with Gasteiger partial charge in [0.2, 0.25) is 16.0 Å². The predicted octanol–water partition coefficient (Wildman–Crippen LogP) is 5.78. The highest BCUT2D eigenvalue weighted by Crippen LogP contribution is 2.48. The number of nitrogens with zero attached hydrogens (tertiary/aromatic N) is 2. The number of alkyl halides is 1. The van der Waals surface area contributed by atoms with Crippen molar-refractivity contribution in [1.82, 2.24) is 9.97 Å². The summed E-state index contributed by atoms with van der Waals surface area (Å²) in [6, 6.07) is 8.03. The molecule has 2 aromatic carbocycles. The number of benzene rings is 2. The van der Waals surface area contributed by atoms with Crippen LogP contribution in [0.5, 0.6) is 0 Å². The number of aromatic nitrogens is 2. The van der Waals surface area contributed by atoms with Gasteiger partial charge in [-0.25, -0.2) is 27.9 Å². The molecule has 210 valence electrons. The molecule has 5 N–H and O–H groups in total. The van der Waals surface area contributed by atoms with Gasteiger partial charge in [0, 0.05) is 28.6 Å². The number of hydrogen-bond donors (Lipinski definition) is 3. The van der Waals surface area contributed by atoms with E-state index in [1.165, 1.54) is 18.2 Å². The molecular formula is C30H33ClFN5O2S. The van der Waals surface area contributed by atoms with E-state index in [1.54, 1.807) is 36.6 Å². The van der Waals surface area contributed by atoms with Crippen LogP contribution in [0, 0.1) is 0 Å². The van der Waals surface area contributed by atoms with Gasteiger partial charge in [-0.3, -0.25) is 0 Å². The highest BCUT2D eigenvalue weighted by atomic mass is 35.5. The Morgan fingerprint density at radius 2 is 1.82 bits per heavy atom. The van der Waals surface area contributed by atoms with Gasteiger partial charge in [-0.15, -0.1) is 0 Å². The minimum atomic E-state index is -4.00. The first-order valence-corrected chi connectivity index (χ1v) is 15.6. The normalized spacial score (nSPS) is 29.7. The molecule has 0 spiro atoms. The van der Waals surface area contributed by atoms with Gasteiger partial charge in [-0.05, 0) is 85.9 Å². The summed E-state index contributed by atoms with van der Waals surface area (Å²) in [6.07, 6.45) is 15.2. The molecule has 4 aliphatic rings. The molecule has 0 aliphatic heterocycles. The number of sulfonamides is 1. The third kappa shape index (κ3) is 4.72. The molecule has 0 amide bonds. The summed E-state index contributed by atoms with van der Waals surface area (Å²) in [5, 5.41) is 9.62. The molecule has 2 bridgehead atoms. The van der Waals surface area contributed by atoms with Crippen LogP contribution in [0.3, 0.4) is 0 Å². The number of fused-ring (bicyclic) bond motifs is 4. The van der Waals surface area contributed by atoms with Crippen molar-refractivity contribution in [2.75, 3.05) is 5.32 Å². The summed E-state index contributed by atoms with van der Waals surface area (Å²) in [5.41, 5.74) is 7.28. The average Bonchev–Trinajstić information content (AvgIpc) is 2.93. The van der Waals surface area contributed by atoms with Crippen molar-refractivity contribution in [2.45, 2.75) is 79.4 Å². The second-order valence-corrected chi connectivity index (χ2v) is 13.5. The molecule has 10 heteroatoms.